The van der Waals surface area contributed by atoms with Gasteiger partial charge in [-0.25, -0.2) is 12.8 Å². The largest absolute Gasteiger partial charge is 0.294 e. The molecule has 0 atom stereocenters. The van der Waals surface area contributed by atoms with Crippen LogP contribution in [0.4, 0.5) is 4.39 Å². The molecule has 0 saturated carbocycles. The molecular weight excluding hydrogens is 293 g/mol. The van der Waals surface area contributed by atoms with E-state index in [1.165, 1.54) is 10.4 Å². The Balaban J connectivity index is 2.37. The molecular formula is C15H20FNO3S. The van der Waals surface area contributed by atoms with Gasteiger partial charge in [-0.15, -0.1) is 0 Å². The Kier molecular flexibility index (Phi) is 4.78. The Hall–Kier alpha value is -1.27. The molecule has 1 aromatic carbocycles. The first-order chi connectivity index (χ1) is 9.86. The first-order valence-corrected chi connectivity index (χ1v) is 8.63. The second-order valence-electron chi connectivity index (χ2n) is 5.51. The van der Waals surface area contributed by atoms with Crippen LogP contribution in [0, 0.1) is 11.7 Å². The molecule has 0 spiro atoms. The van der Waals surface area contributed by atoms with Crippen LogP contribution in [-0.4, -0.2) is 31.6 Å². The van der Waals surface area contributed by atoms with Crippen LogP contribution < -0.4 is 0 Å². The van der Waals surface area contributed by atoms with Crippen LogP contribution >= 0.6 is 0 Å². The molecule has 0 N–H and O–H groups in total. The molecule has 0 unspecified atom stereocenters. The van der Waals surface area contributed by atoms with Gasteiger partial charge in [0.05, 0.1) is 0 Å². The lowest BCUT2D eigenvalue weighted by molar-refractivity contribution is 0.0988. The smallest absolute Gasteiger partial charge is 0.246 e. The summed E-state index contributed by atoms with van der Waals surface area (Å²) < 4.78 is 40.4. The second kappa shape index (κ2) is 6.23. The fraction of sp³-hybridized carbons (Fsp3) is 0.533. The van der Waals surface area contributed by atoms with Gasteiger partial charge in [0.2, 0.25) is 10.0 Å². The Bertz CT molecular complexity index is 634. The van der Waals surface area contributed by atoms with Crippen LogP contribution in [0.3, 0.4) is 0 Å². The summed E-state index contributed by atoms with van der Waals surface area (Å²) in [7, 11) is -3.87. The molecule has 2 rings (SSSR count). The van der Waals surface area contributed by atoms with E-state index in [-0.39, 0.29) is 17.8 Å². The van der Waals surface area contributed by atoms with Gasteiger partial charge in [-0.2, -0.15) is 4.31 Å². The van der Waals surface area contributed by atoms with Gasteiger partial charge in [0, 0.05) is 25.1 Å². The third-order valence-corrected chi connectivity index (χ3v) is 5.85. The van der Waals surface area contributed by atoms with Gasteiger partial charge in [-0.05, 0) is 37.0 Å². The zero-order valence-corrected chi connectivity index (χ0v) is 13.1. The monoisotopic (exact) mass is 313 g/mol. The van der Waals surface area contributed by atoms with Crippen molar-refractivity contribution in [3.8, 4) is 0 Å². The van der Waals surface area contributed by atoms with E-state index in [2.05, 4.69) is 6.92 Å². The number of ketones is 1. The quantitative estimate of drug-likeness (QED) is 0.803. The van der Waals surface area contributed by atoms with E-state index in [1.54, 1.807) is 6.92 Å². The number of hydrogen-bond acceptors (Lipinski definition) is 3. The Morgan fingerprint density at radius 2 is 1.95 bits per heavy atom. The zero-order chi connectivity index (χ0) is 15.6. The molecule has 0 aromatic heterocycles. The van der Waals surface area contributed by atoms with E-state index in [0.29, 0.717) is 19.0 Å². The van der Waals surface area contributed by atoms with Crippen molar-refractivity contribution >= 4 is 15.8 Å². The number of sulfonamides is 1. The van der Waals surface area contributed by atoms with Crippen LogP contribution in [0.15, 0.2) is 23.1 Å². The molecule has 0 radical (unpaired) electrons. The third-order valence-electron chi connectivity index (χ3n) is 3.93. The number of nitrogens with zero attached hydrogens (tertiary/aromatic N) is 1. The maximum Gasteiger partial charge on any atom is 0.246 e. The van der Waals surface area contributed by atoms with Crippen LogP contribution in [0.1, 0.15) is 43.5 Å². The van der Waals surface area contributed by atoms with Crippen molar-refractivity contribution in [2.75, 3.05) is 13.1 Å². The molecule has 4 nitrogen and oxygen atoms in total. The number of hydrogen-bond donors (Lipinski definition) is 0. The summed E-state index contributed by atoms with van der Waals surface area (Å²) in [6, 6.07) is 3.55. The highest BCUT2D eigenvalue weighted by Gasteiger charge is 2.30. The topological polar surface area (TPSA) is 54.5 Å². The van der Waals surface area contributed by atoms with Gasteiger partial charge in [-0.3, -0.25) is 4.79 Å². The van der Waals surface area contributed by atoms with Crippen LogP contribution in [-0.2, 0) is 10.0 Å². The molecule has 116 valence electrons. The number of carbonyl (C=O) groups is 1. The average Bonchev–Trinajstić information content (AvgIpc) is 2.47. The van der Waals surface area contributed by atoms with E-state index in [4.69, 9.17) is 0 Å². The SMILES string of the molecule is CCC(=O)c1ccc(F)c(S(=O)(=O)N2CCC(C)CC2)c1. The molecule has 0 aliphatic carbocycles. The lowest BCUT2D eigenvalue weighted by atomic mass is 10.0. The van der Waals surface area contributed by atoms with Gasteiger partial charge in [0.1, 0.15) is 10.7 Å². The summed E-state index contributed by atoms with van der Waals surface area (Å²) in [5.74, 6) is -0.519. The van der Waals surface area contributed by atoms with Crippen LogP contribution in [0.25, 0.3) is 0 Å². The number of carbonyl (C=O) groups excluding carboxylic acids is 1. The minimum Gasteiger partial charge on any atom is -0.294 e. The van der Waals surface area contributed by atoms with E-state index < -0.39 is 20.7 Å². The standard InChI is InChI=1S/C15H20FNO3S/c1-3-14(18)12-4-5-13(16)15(10-12)21(19,20)17-8-6-11(2)7-9-17/h4-5,10-11H,3,6-9H2,1-2H3. The molecule has 21 heavy (non-hydrogen) atoms. The summed E-state index contributed by atoms with van der Waals surface area (Å²) in [5, 5.41) is 0. The molecule has 0 bridgehead atoms. The van der Waals surface area contributed by atoms with Gasteiger partial charge in [0.15, 0.2) is 5.78 Å². The fourth-order valence-corrected chi connectivity index (χ4v) is 4.00. The van der Waals surface area contributed by atoms with E-state index >= 15 is 0 Å². The van der Waals surface area contributed by atoms with E-state index in [1.807, 2.05) is 0 Å². The molecule has 1 heterocycles. The lowest BCUT2D eigenvalue weighted by Crippen LogP contribution is -2.38. The predicted molar refractivity (Wildman–Crippen MR) is 78.2 cm³/mol. The van der Waals surface area contributed by atoms with Crippen molar-refractivity contribution in [2.24, 2.45) is 5.92 Å². The van der Waals surface area contributed by atoms with Crippen molar-refractivity contribution < 1.29 is 17.6 Å². The molecule has 0 amide bonds. The molecule has 1 fully saturated rings. The van der Waals surface area contributed by atoms with E-state index in [0.717, 1.165) is 25.0 Å². The molecule has 1 aromatic rings. The lowest BCUT2D eigenvalue weighted by Gasteiger charge is -2.29. The minimum absolute atomic E-state index is 0.196. The van der Waals surface area contributed by atoms with Crippen molar-refractivity contribution in [3.05, 3.63) is 29.6 Å². The summed E-state index contributed by atoms with van der Waals surface area (Å²) in [5.41, 5.74) is 0.239. The van der Waals surface area contributed by atoms with Crippen LogP contribution in [0.2, 0.25) is 0 Å². The summed E-state index contributed by atoms with van der Waals surface area (Å²) in [6.07, 6.45) is 1.80. The number of benzene rings is 1. The average molecular weight is 313 g/mol. The molecule has 6 heteroatoms. The number of rotatable bonds is 4. The van der Waals surface area contributed by atoms with Crippen molar-refractivity contribution in [2.45, 2.75) is 38.0 Å². The highest BCUT2D eigenvalue weighted by Crippen LogP contribution is 2.26. The molecule has 1 saturated heterocycles. The summed E-state index contributed by atoms with van der Waals surface area (Å²) >= 11 is 0. The fourth-order valence-electron chi connectivity index (χ4n) is 2.44. The normalized spacial score (nSPS) is 17.9. The Morgan fingerprint density at radius 1 is 1.33 bits per heavy atom. The summed E-state index contributed by atoms with van der Waals surface area (Å²) in [4.78, 5) is 11.3. The Labute approximate surface area is 125 Å². The van der Waals surface area contributed by atoms with Crippen LogP contribution in [0.5, 0.6) is 0 Å². The van der Waals surface area contributed by atoms with E-state index in [9.17, 15) is 17.6 Å². The maximum atomic E-state index is 13.9. The van der Waals surface area contributed by atoms with Gasteiger partial charge >= 0.3 is 0 Å². The number of Topliss-reactive ketones (excluding diaryl/α,β-unsaturated/α-hetero) is 1. The third kappa shape index (κ3) is 3.32. The minimum atomic E-state index is -3.87. The van der Waals surface area contributed by atoms with Crippen molar-refractivity contribution in [1.29, 1.82) is 0 Å². The first-order valence-electron chi connectivity index (χ1n) is 7.19. The highest BCUT2D eigenvalue weighted by atomic mass is 32.2. The number of halogens is 1. The highest BCUT2D eigenvalue weighted by molar-refractivity contribution is 7.89. The number of piperidine rings is 1. The zero-order valence-electron chi connectivity index (χ0n) is 12.3. The molecule has 1 aliphatic rings. The van der Waals surface area contributed by atoms with Gasteiger partial charge < -0.3 is 0 Å². The Morgan fingerprint density at radius 3 is 2.52 bits per heavy atom. The predicted octanol–water partition coefficient (Wildman–Crippen LogP) is 2.84. The van der Waals surface area contributed by atoms with Gasteiger partial charge in [0.25, 0.3) is 0 Å². The summed E-state index contributed by atoms with van der Waals surface area (Å²) in [6.45, 7) is 4.56. The maximum absolute atomic E-state index is 13.9. The van der Waals surface area contributed by atoms with Crippen molar-refractivity contribution in [1.82, 2.24) is 4.31 Å². The molecule has 1 aliphatic heterocycles. The van der Waals surface area contributed by atoms with Crippen molar-refractivity contribution in [3.63, 3.8) is 0 Å². The van der Waals surface area contributed by atoms with Gasteiger partial charge in [-0.1, -0.05) is 13.8 Å². The second-order valence-corrected chi connectivity index (χ2v) is 7.41. The first kappa shape index (κ1) is 16.1.